The average molecular weight is 485 g/mol. The van der Waals surface area contributed by atoms with Crippen LogP contribution in [0.25, 0.3) is 5.57 Å². The summed E-state index contributed by atoms with van der Waals surface area (Å²) in [5.74, 6) is 2.63. The lowest BCUT2D eigenvalue weighted by molar-refractivity contribution is -0.194. The smallest absolute Gasteiger partial charge is 0.198 e. The van der Waals surface area contributed by atoms with E-state index in [0.717, 1.165) is 73.5 Å². The Kier molecular flexibility index (Phi) is 13.1. The van der Waals surface area contributed by atoms with Gasteiger partial charge in [-0.25, -0.2) is 0 Å². The van der Waals surface area contributed by atoms with Gasteiger partial charge >= 0.3 is 0 Å². The van der Waals surface area contributed by atoms with Crippen LogP contribution in [-0.2, 0) is 15.9 Å². The highest BCUT2D eigenvalue weighted by Gasteiger charge is 2.38. The van der Waals surface area contributed by atoms with Gasteiger partial charge in [0.05, 0.1) is 13.2 Å². The predicted octanol–water partition coefficient (Wildman–Crippen LogP) is 6.34. The summed E-state index contributed by atoms with van der Waals surface area (Å²) in [6.45, 7) is 1.25. The second-order valence-corrected chi connectivity index (χ2v) is 9.29. The van der Waals surface area contributed by atoms with E-state index in [2.05, 4.69) is 86.9 Å². The van der Waals surface area contributed by atoms with Crippen LogP contribution in [0.5, 0.6) is 0 Å². The van der Waals surface area contributed by atoms with Gasteiger partial charge in [0.15, 0.2) is 5.79 Å². The topological polar surface area (TPSA) is 18.5 Å². The molecule has 0 fully saturated rings. The van der Waals surface area contributed by atoms with E-state index in [1.54, 1.807) is 0 Å². The van der Waals surface area contributed by atoms with E-state index in [1.165, 1.54) is 16.7 Å². The Morgan fingerprint density at radius 3 is 2.07 bits per heavy atom. The second kappa shape index (κ2) is 15.0. The third-order valence-corrected chi connectivity index (χ3v) is 6.40. The molecule has 0 N–H and O–H groups in total. The molecule has 1 aromatic rings. The highest BCUT2D eigenvalue weighted by molar-refractivity contribution is 7.80. The molecule has 0 bridgehead atoms. The zero-order valence-corrected chi connectivity index (χ0v) is 21.3. The fourth-order valence-corrected chi connectivity index (χ4v) is 4.16. The summed E-state index contributed by atoms with van der Waals surface area (Å²) in [7, 11) is 0. The zero-order chi connectivity index (χ0) is 21.7. The Labute approximate surface area is 204 Å². The van der Waals surface area contributed by atoms with Crippen LogP contribution in [0.4, 0.5) is 0 Å². The van der Waals surface area contributed by atoms with Crippen LogP contribution in [0.3, 0.4) is 0 Å². The Bertz CT molecular complexity index is 678. The molecule has 6 heteroatoms. The first kappa shape index (κ1) is 26.3. The molecule has 2 rings (SSSR count). The van der Waals surface area contributed by atoms with E-state index >= 15 is 0 Å². The van der Waals surface area contributed by atoms with Crippen molar-refractivity contribution in [3.05, 3.63) is 53.1 Å². The van der Waals surface area contributed by atoms with Crippen LogP contribution >= 0.6 is 50.5 Å². The number of hydrogen-bond donors (Lipinski definition) is 4. The molecule has 0 radical (unpaired) electrons. The summed E-state index contributed by atoms with van der Waals surface area (Å²) >= 11 is 17.5. The average Bonchev–Trinajstić information content (AvgIpc) is 2.77. The minimum absolute atomic E-state index is 0.626. The molecule has 0 spiro atoms. The van der Waals surface area contributed by atoms with Crippen molar-refractivity contribution in [2.24, 2.45) is 0 Å². The standard InChI is InChI=1S/C24H36O2S4/c27-14-2-7-20-6-1-9-22(18-20)23-19-21(8-3-15-28)10-11-24(23,25-12-4-16-29)26-13-5-17-30/h1,6,9-10,18-19,27-30H,2-5,7-8,11-17H2. The SMILES string of the molecule is SCCCOC1(OCCCS)CC=C(CCCS)C=C1c1cccc(CCCS)c1. The Hall–Kier alpha value is 0.0200. The van der Waals surface area contributed by atoms with E-state index in [4.69, 9.17) is 9.47 Å². The van der Waals surface area contributed by atoms with E-state index in [1.807, 2.05) is 0 Å². The van der Waals surface area contributed by atoms with Gasteiger partial charge < -0.3 is 9.47 Å². The molecule has 168 valence electrons. The van der Waals surface area contributed by atoms with E-state index in [9.17, 15) is 0 Å². The molecule has 1 aromatic carbocycles. The number of ether oxygens (including phenoxy) is 2. The quantitative estimate of drug-likeness (QED) is 0.132. The largest absolute Gasteiger partial charge is 0.346 e. The monoisotopic (exact) mass is 484 g/mol. The van der Waals surface area contributed by atoms with Gasteiger partial charge in [0, 0.05) is 12.0 Å². The molecule has 0 saturated heterocycles. The number of benzene rings is 1. The highest BCUT2D eigenvalue weighted by Crippen LogP contribution is 2.41. The van der Waals surface area contributed by atoms with Crippen LogP contribution < -0.4 is 0 Å². The summed E-state index contributed by atoms with van der Waals surface area (Å²) in [6, 6.07) is 8.80. The number of rotatable bonds is 15. The second-order valence-electron chi connectivity index (χ2n) is 7.50. The van der Waals surface area contributed by atoms with Crippen molar-refractivity contribution in [3.63, 3.8) is 0 Å². The van der Waals surface area contributed by atoms with E-state index < -0.39 is 5.79 Å². The number of aryl methyl sites for hydroxylation is 1. The lowest BCUT2D eigenvalue weighted by atomic mass is 9.86. The molecule has 1 aliphatic rings. The van der Waals surface area contributed by atoms with E-state index in [0.29, 0.717) is 13.2 Å². The fourth-order valence-electron chi connectivity index (χ4n) is 3.59. The lowest BCUT2D eigenvalue weighted by Gasteiger charge is -2.38. The van der Waals surface area contributed by atoms with Gasteiger partial charge in [-0.2, -0.15) is 50.5 Å². The van der Waals surface area contributed by atoms with Gasteiger partial charge in [0.1, 0.15) is 0 Å². The molecular weight excluding hydrogens is 449 g/mol. The van der Waals surface area contributed by atoms with Crippen LogP contribution in [0.15, 0.2) is 42.0 Å². The van der Waals surface area contributed by atoms with Crippen molar-refractivity contribution in [2.75, 3.05) is 36.2 Å². The molecule has 1 aliphatic carbocycles. The van der Waals surface area contributed by atoms with E-state index in [-0.39, 0.29) is 0 Å². The molecule has 0 amide bonds. The summed E-state index contributed by atoms with van der Waals surface area (Å²) in [5, 5.41) is 0. The number of allylic oxidation sites excluding steroid dienone is 2. The summed E-state index contributed by atoms with van der Waals surface area (Å²) < 4.78 is 12.9. The molecule has 0 unspecified atom stereocenters. The van der Waals surface area contributed by atoms with Crippen molar-refractivity contribution in [1.29, 1.82) is 0 Å². The van der Waals surface area contributed by atoms with Crippen LogP contribution in [0.1, 0.15) is 49.7 Å². The Morgan fingerprint density at radius 1 is 0.800 bits per heavy atom. The predicted molar refractivity (Wildman–Crippen MR) is 144 cm³/mol. The molecule has 0 saturated carbocycles. The first-order valence-electron chi connectivity index (χ1n) is 10.9. The van der Waals surface area contributed by atoms with Gasteiger partial charge in [-0.15, -0.1) is 0 Å². The van der Waals surface area contributed by atoms with Crippen molar-refractivity contribution < 1.29 is 9.47 Å². The van der Waals surface area contributed by atoms with Gasteiger partial charge in [0.25, 0.3) is 0 Å². The fraction of sp³-hybridized carbons (Fsp3) is 0.583. The van der Waals surface area contributed by atoms with Crippen LogP contribution in [-0.4, -0.2) is 42.0 Å². The van der Waals surface area contributed by atoms with Crippen LogP contribution in [0, 0.1) is 0 Å². The maximum absolute atomic E-state index is 6.46. The van der Waals surface area contributed by atoms with Gasteiger partial charge in [-0.1, -0.05) is 42.0 Å². The third kappa shape index (κ3) is 8.18. The summed E-state index contributed by atoms with van der Waals surface area (Å²) in [4.78, 5) is 0. The number of thiol groups is 4. The Balaban J connectivity index is 2.39. The Morgan fingerprint density at radius 2 is 1.43 bits per heavy atom. The molecule has 0 heterocycles. The molecule has 0 atom stereocenters. The van der Waals surface area contributed by atoms with Gasteiger partial charge in [0.2, 0.25) is 0 Å². The molecule has 0 aromatic heterocycles. The van der Waals surface area contributed by atoms with Crippen molar-refractivity contribution in [2.45, 2.75) is 50.7 Å². The summed E-state index contributed by atoms with van der Waals surface area (Å²) in [6.07, 6.45) is 11.3. The third-order valence-electron chi connectivity index (χ3n) is 5.13. The first-order valence-corrected chi connectivity index (χ1v) is 13.4. The molecule has 0 aliphatic heterocycles. The van der Waals surface area contributed by atoms with Crippen molar-refractivity contribution in [3.8, 4) is 0 Å². The molecule has 30 heavy (non-hydrogen) atoms. The number of hydrogen-bond acceptors (Lipinski definition) is 6. The minimum atomic E-state index is -0.751. The maximum atomic E-state index is 6.46. The lowest BCUT2D eigenvalue weighted by Crippen LogP contribution is -2.39. The molecule has 2 nitrogen and oxygen atoms in total. The zero-order valence-electron chi connectivity index (χ0n) is 17.8. The normalized spacial score (nSPS) is 15.7. The first-order chi connectivity index (χ1) is 14.7. The van der Waals surface area contributed by atoms with Crippen molar-refractivity contribution >= 4 is 56.1 Å². The minimum Gasteiger partial charge on any atom is -0.346 e. The molecular formula is C24H36O2S4. The van der Waals surface area contributed by atoms with Crippen LogP contribution in [0.2, 0.25) is 0 Å². The van der Waals surface area contributed by atoms with Gasteiger partial charge in [-0.3, -0.25) is 0 Å². The van der Waals surface area contributed by atoms with Crippen molar-refractivity contribution in [1.82, 2.24) is 0 Å². The summed E-state index contributed by atoms with van der Waals surface area (Å²) in [5.41, 5.74) is 4.98. The maximum Gasteiger partial charge on any atom is 0.198 e. The highest BCUT2D eigenvalue weighted by atomic mass is 32.1. The van der Waals surface area contributed by atoms with Gasteiger partial charge in [-0.05, 0) is 72.7 Å².